The van der Waals surface area contributed by atoms with Crippen LogP contribution < -0.4 is 5.32 Å². The van der Waals surface area contributed by atoms with E-state index < -0.39 is 29.3 Å². The van der Waals surface area contributed by atoms with Gasteiger partial charge in [-0.15, -0.1) is 0 Å². The van der Waals surface area contributed by atoms with E-state index in [-0.39, 0.29) is 23.8 Å². The third-order valence-electron chi connectivity index (χ3n) is 7.30. The van der Waals surface area contributed by atoms with Gasteiger partial charge in [0.1, 0.15) is 17.7 Å². The molecule has 3 amide bonds. The standard InChI is InChI=1S/C28H38ClFN6O4/c1-6-40-27(39)35-14-12-34(13-15-35)26(38)23(28(2,3)4)32-25(37)22-21-17-33(5)10-7-11-36(21)24(31-22)19-16-18(29)8-9-20(19)30/h8-9,16,23H,6-7,10-15,17H2,1-5H3,(H,32,37)/t23-/m1/s1. The van der Waals surface area contributed by atoms with Crippen LogP contribution in [0.3, 0.4) is 0 Å². The van der Waals surface area contributed by atoms with Gasteiger partial charge in [0.25, 0.3) is 5.91 Å². The second-order valence-corrected chi connectivity index (χ2v) is 11.8. The van der Waals surface area contributed by atoms with Crippen molar-refractivity contribution < 1.29 is 23.5 Å². The zero-order chi connectivity index (χ0) is 29.2. The molecule has 2 aliphatic heterocycles. The number of nitrogens with zero attached hydrogens (tertiary/aromatic N) is 5. The molecule has 0 aliphatic carbocycles. The summed E-state index contributed by atoms with van der Waals surface area (Å²) in [5, 5.41) is 3.32. The van der Waals surface area contributed by atoms with Gasteiger partial charge < -0.3 is 29.3 Å². The number of carbonyl (C=O) groups excluding carboxylic acids is 3. The Morgan fingerprint density at radius 3 is 2.42 bits per heavy atom. The molecule has 0 radical (unpaired) electrons. The molecule has 4 rings (SSSR count). The van der Waals surface area contributed by atoms with E-state index >= 15 is 0 Å². The maximum absolute atomic E-state index is 14.9. The third kappa shape index (κ3) is 6.41. The first-order valence-electron chi connectivity index (χ1n) is 13.7. The number of rotatable bonds is 5. The fourth-order valence-electron chi connectivity index (χ4n) is 5.13. The van der Waals surface area contributed by atoms with E-state index in [2.05, 4.69) is 15.2 Å². The number of hydrogen-bond acceptors (Lipinski definition) is 6. The van der Waals surface area contributed by atoms with Crippen molar-refractivity contribution in [2.24, 2.45) is 5.41 Å². The number of nitrogens with one attached hydrogen (secondary N) is 1. The Labute approximate surface area is 239 Å². The summed E-state index contributed by atoms with van der Waals surface area (Å²) in [6, 6.07) is 3.43. The topological polar surface area (TPSA) is 100 Å². The molecule has 1 aromatic carbocycles. The van der Waals surface area contributed by atoms with E-state index in [4.69, 9.17) is 16.3 Å². The summed E-state index contributed by atoms with van der Waals surface area (Å²) in [5.74, 6) is -0.866. The lowest BCUT2D eigenvalue weighted by Crippen LogP contribution is -2.59. The number of ether oxygens (including phenoxy) is 1. The number of carbonyl (C=O) groups is 3. The lowest BCUT2D eigenvalue weighted by atomic mass is 9.85. The van der Waals surface area contributed by atoms with Crippen molar-refractivity contribution in [3.05, 3.63) is 40.4 Å². The highest BCUT2D eigenvalue weighted by atomic mass is 35.5. The van der Waals surface area contributed by atoms with Gasteiger partial charge in [0.2, 0.25) is 5.91 Å². The van der Waals surface area contributed by atoms with E-state index in [0.29, 0.717) is 55.8 Å². The highest BCUT2D eigenvalue weighted by Crippen LogP contribution is 2.30. The SMILES string of the molecule is CCOC(=O)N1CCN(C(=O)[C@@H](NC(=O)c2nc(-c3cc(Cl)ccc3F)n3c2CN(C)CCC3)C(C)(C)C)CC1. The summed E-state index contributed by atoms with van der Waals surface area (Å²) >= 11 is 6.18. The van der Waals surface area contributed by atoms with Crippen molar-refractivity contribution in [1.29, 1.82) is 0 Å². The zero-order valence-electron chi connectivity index (χ0n) is 23.8. The summed E-state index contributed by atoms with van der Waals surface area (Å²) in [7, 11) is 1.96. The normalized spacial score (nSPS) is 17.2. The van der Waals surface area contributed by atoms with Crippen molar-refractivity contribution in [1.82, 2.24) is 29.6 Å². The van der Waals surface area contributed by atoms with Crippen LogP contribution in [0, 0.1) is 11.2 Å². The predicted molar refractivity (Wildman–Crippen MR) is 149 cm³/mol. The first-order valence-corrected chi connectivity index (χ1v) is 14.0. The smallest absolute Gasteiger partial charge is 0.409 e. The van der Waals surface area contributed by atoms with Crippen molar-refractivity contribution in [3.8, 4) is 11.4 Å². The van der Waals surface area contributed by atoms with Crippen LogP contribution >= 0.6 is 11.6 Å². The van der Waals surface area contributed by atoms with Crippen molar-refractivity contribution in [3.63, 3.8) is 0 Å². The summed E-state index contributed by atoms with van der Waals surface area (Å²) in [4.78, 5) is 49.6. The molecule has 2 aliphatic rings. The van der Waals surface area contributed by atoms with Crippen LogP contribution in [-0.4, -0.2) is 94.6 Å². The number of hydrogen-bond donors (Lipinski definition) is 1. The maximum atomic E-state index is 14.9. The lowest BCUT2D eigenvalue weighted by molar-refractivity contribution is -0.137. The molecule has 1 saturated heterocycles. The van der Waals surface area contributed by atoms with E-state index in [1.807, 2.05) is 32.4 Å². The molecule has 0 spiro atoms. The molecule has 1 N–H and O–H groups in total. The Kier molecular flexibility index (Phi) is 9.04. The number of imidazole rings is 1. The van der Waals surface area contributed by atoms with Crippen molar-refractivity contribution >= 4 is 29.5 Å². The second-order valence-electron chi connectivity index (χ2n) is 11.4. The van der Waals surface area contributed by atoms with Gasteiger partial charge in [-0.1, -0.05) is 32.4 Å². The van der Waals surface area contributed by atoms with Crippen molar-refractivity contribution in [2.45, 2.75) is 53.2 Å². The van der Waals surface area contributed by atoms with Gasteiger partial charge in [0.05, 0.1) is 17.9 Å². The van der Waals surface area contributed by atoms with Crippen LogP contribution in [0.2, 0.25) is 5.02 Å². The minimum atomic E-state index is -0.846. The Morgan fingerprint density at radius 2 is 1.77 bits per heavy atom. The van der Waals surface area contributed by atoms with Crippen molar-refractivity contribution in [2.75, 3.05) is 46.4 Å². The van der Waals surface area contributed by atoms with E-state index in [0.717, 1.165) is 13.0 Å². The summed E-state index contributed by atoms with van der Waals surface area (Å²) in [6.45, 7) is 10.9. The number of amides is 3. The number of halogens is 2. The predicted octanol–water partition coefficient (Wildman–Crippen LogP) is 3.62. The van der Waals surface area contributed by atoms with Crippen LogP contribution in [0.15, 0.2) is 18.2 Å². The van der Waals surface area contributed by atoms with Crippen LogP contribution in [-0.2, 0) is 22.6 Å². The van der Waals surface area contributed by atoms with Gasteiger partial charge in [0, 0.05) is 44.3 Å². The van der Waals surface area contributed by atoms with Crippen LogP contribution in [0.4, 0.5) is 9.18 Å². The van der Waals surface area contributed by atoms with Gasteiger partial charge in [-0.05, 0) is 50.6 Å². The van der Waals surface area contributed by atoms with Crippen LogP contribution in [0.5, 0.6) is 0 Å². The highest BCUT2D eigenvalue weighted by molar-refractivity contribution is 6.30. The third-order valence-corrected chi connectivity index (χ3v) is 7.54. The van der Waals surface area contributed by atoms with E-state index in [9.17, 15) is 18.8 Å². The largest absolute Gasteiger partial charge is 0.450 e. The molecule has 10 nitrogen and oxygen atoms in total. The maximum Gasteiger partial charge on any atom is 0.409 e. The number of fused-ring (bicyclic) bond motifs is 1. The number of aromatic nitrogens is 2. The molecule has 2 aromatic rings. The Bertz CT molecular complexity index is 1270. The second kappa shape index (κ2) is 12.1. The average Bonchev–Trinajstić information content (AvgIpc) is 3.13. The molecule has 12 heteroatoms. The van der Waals surface area contributed by atoms with Gasteiger partial charge in [-0.25, -0.2) is 14.2 Å². The number of piperazine rings is 1. The fourth-order valence-corrected chi connectivity index (χ4v) is 5.30. The fraction of sp³-hybridized carbons (Fsp3) is 0.571. The Balaban J connectivity index is 1.62. The molecule has 3 heterocycles. The molecular weight excluding hydrogens is 539 g/mol. The Hall–Kier alpha value is -3.18. The Morgan fingerprint density at radius 1 is 1.10 bits per heavy atom. The first-order chi connectivity index (χ1) is 18.9. The molecule has 0 unspecified atom stereocenters. The first kappa shape index (κ1) is 29.8. The minimum Gasteiger partial charge on any atom is -0.450 e. The highest BCUT2D eigenvalue weighted by Gasteiger charge is 2.39. The van der Waals surface area contributed by atoms with Gasteiger partial charge in [-0.2, -0.15) is 0 Å². The molecule has 40 heavy (non-hydrogen) atoms. The summed E-state index contributed by atoms with van der Waals surface area (Å²) in [6.07, 6.45) is 0.407. The lowest BCUT2D eigenvalue weighted by Gasteiger charge is -2.39. The average molecular weight is 577 g/mol. The van der Waals surface area contributed by atoms with Gasteiger partial charge in [0.15, 0.2) is 5.69 Å². The van der Waals surface area contributed by atoms with E-state index in [1.165, 1.54) is 18.2 Å². The molecular formula is C28H38ClFN6O4. The minimum absolute atomic E-state index is 0.164. The molecule has 1 fully saturated rings. The van der Waals surface area contributed by atoms with Gasteiger partial charge in [-0.3, -0.25) is 9.59 Å². The van der Waals surface area contributed by atoms with Gasteiger partial charge >= 0.3 is 6.09 Å². The molecule has 1 aromatic heterocycles. The monoisotopic (exact) mass is 576 g/mol. The molecule has 0 bridgehead atoms. The van der Waals surface area contributed by atoms with Crippen LogP contribution in [0.1, 0.15) is 50.3 Å². The quantitative estimate of drug-likeness (QED) is 0.584. The molecule has 0 saturated carbocycles. The number of benzene rings is 1. The van der Waals surface area contributed by atoms with E-state index in [1.54, 1.807) is 16.7 Å². The molecule has 1 atom stereocenters. The molecule has 218 valence electrons. The van der Waals surface area contributed by atoms with Crippen LogP contribution in [0.25, 0.3) is 11.4 Å². The summed E-state index contributed by atoms with van der Waals surface area (Å²) in [5.41, 5.74) is 0.438. The zero-order valence-corrected chi connectivity index (χ0v) is 24.6. The summed E-state index contributed by atoms with van der Waals surface area (Å²) < 4.78 is 21.9.